The maximum absolute atomic E-state index is 11.9. The zero-order chi connectivity index (χ0) is 17.5. The summed E-state index contributed by atoms with van der Waals surface area (Å²) in [5, 5.41) is 6.47. The standard InChI is InChI=1S/C17H20N2O5/c1-11-13(12(2)24-19-11)8-9-17(21)23-10-16(20)18-14-6-4-5-7-15(14)22-3/h4-7H,8-10H2,1-3H3,(H,18,20). The van der Waals surface area contributed by atoms with Gasteiger partial charge >= 0.3 is 5.97 Å². The first-order valence-electron chi connectivity index (χ1n) is 7.51. The van der Waals surface area contributed by atoms with Crippen molar-refractivity contribution in [3.63, 3.8) is 0 Å². The maximum Gasteiger partial charge on any atom is 0.306 e. The minimum absolute atomic E-state index is 0.158. The van der Waals surface area contributed by atoms with E-state index in [2.05, 4.69) is 10.5 Å². The van der Waals surface area contributed by atoms with Gasteiger partial charge in [0.2, 0.25) is 0 Å². The number of esters is 1. The van der Waals surface area contributed by atoms with Crippen LogP contribution in [0, 0.1) is 13.8 Å². The average Bonchev–Trinajstić information content (AvgIpc) is 2.90. The highest BCUT2D eigenvalue weighted by Crippen LogP contribution is 2.22. The third-order valence-electron chi connectivity index (χ3n) is 3.51. The van der Waals surface area contributed by atoms with E-state index in [9.17, 15) is 9.59 Å². The lowest BCUT2D eigenvalue weighted by atomic mass is 10.1. The molecule has 1 heterocycles. The van der Waals surface area contributed by atoms with Crippen molar-refractivity contribution in [3.8, 4) is 5.75 Å². The molecule has 0 spiro atoms. The normalized spacial score (nSPS) is 10.3. The number of nitrogens with zero attached hydrogens (tertiary/aromatic N) is 1. The number of anilines is 1. The van der Waals surface area contributed by atoms with E-state index in [1.165, 1.54) is 7.11 Å². The lowest BCUT2D eigenvalue weighted by Crippen LogP contribution is -2.21. The van der Waals surface area contributed by atoms with Crippen LogP contribution in [0.3, 0.4) is 0 Å². The van der Waals surface area contributed by atoms with Gasteiger partial charge in [0, 0.05) is 12.0 Å². The second-order valence-corrected chi connectivity index (χ2v) is 5.21. The summed E-state index contributed by atoms with van der Waals surface area (Å²) in [5.41, 5.74) is 2.18. The van der Waals surface area contributed by atoms with Crippen molar-refractivity contribution >= 4 is 17.6 Å². The van der Waals surface area contributed by atoms with Gasteiger partial charge in [-0.05, 0) is 32.4 Å². The van der Waals surface area contributed by atoms with Crippen LogP contribution in [0.15, 0.2) is 28.8 Å². The Morgan fingerprint density at radius 3 is 2.67 bits per heavy atom. The van der Waals surface area contributed by atoms with Crippen LogP contribution in [-0.2, 0) is 20.7 Å². The number of carbonyl (C=O) groups excluding carboxylic acids is 2. The second-order valence-electron chi connectivity index (χ2n) is 5.21. The van der Waals surface area contributed by atoms with E-state index in [1.54, 1.807) is 31.2 Å². The van der Waals surface area contributed by atoms with Gasteiger partial charge in [0.15, 0.2) is 6.61 Å². The molecule has 0 saturated carbocycles. The highest BCUT2D eigenvalue weighted by Gasteiger charge is 2.13. The van der Waals surface area contributed by atoms with Crippen LogP contribution in [0.25, 0.3) is 0 Å². The summed E-state index contributed by atoms with van der Waals surface area (Å²) in [7, 11) is 1.51. The summed E-state index contributed by atoms with van der Waals surface area (Å²) in [4.78, 5) is 23.6. The molecule has 128 valence electrons. The van der Waals surface area contributed by atoms with E-state index >= 15 is 0 Å². The third kappa shape index (κ3) is 4.58. The lowest BCUT2D eigenvalue weighted by Gasteiger charge is -2.10. The Bertz CT molecular complexity index is 704. The van der Waals surface area contributed by atoms with Gasteiger partial charge in [-0.2, -0.15) is 0 Å². The summed E-state index contributed by atoms with van der Waals surface area (Å²) < 4.78 is 15.2. The van der Waals surface area contributed by atoms with E-state index in [4.69, 9.17) is 14.0 Å². The molecule has 24 heavy (non-hydrogen) atoms. The van der Waals surface area contributed by atoms with Crippen molar-refractivity contribution in [1.29, 1.82) is 0 Å². The second kappa shape index (κ2) is 8.14. The number of hydrogen-bond donors (Lipinski definition) is 1. The van der Waals surface area contributed by atoms with Crippen molar-refractivity contribution in [2.75, 3.05) is 19.0 Å². The molecule has 0 atom stereocenters. The topological polar surface area (TPSA) is 90.7 Å². The van der Waals surface area contributed by atoms with Crippen molar-refractivity contribution in [1.82, 2.24) is 5.16 Å². The van der Waals surface area contributed by atoms with Gasteiger partial charge in [-0.1, -0.05) is 17.3 Å². The van der Waals surface area contributed by atoms with Gasteiger partial charge in [-0.25, -0.2) is 0 Å². The van der Waals surface area contributed by atoms with E-state index in [0.717, 1.165) is 11.3 Å². The molecule has 7 heteroatoms. The van der Waals surface area contributed by atoms with Crippen LogP contribution in [0.5, 0.6) is 5.75 Å². The number of ether oxygens (including phenoxy) is 2. The summed E-state index contributed by atoms with van der Waals surface area (Å²) >= 11 is 0. The molecule has 7 nitrogen and oxygen atoms in total. The maximum atomic E-state index is 11.9. The highest BCUT2D eigenvalue weighted by atomic mass is 16.5. The Morgan fingerprint density at radius 2 is 2.00 bits per heavy atom. The largest absolute Gasteiger partial charge is 0.495 e. The van der Waals surface area contributed by atoms with E-state index < -0.39 is 11.9 Å². The van der Waals surface area contributed by atoms with E-state index in [0.29, 0.717) is 23.6 Å². The Labute approximate surface area is 139 Å². The SMILES string of the molecule is COc1ccccc1NC(=O)COC(=O)CCc1c(C)noc1C. The molecule has 0 bridgehead atoms. The number of para-hydroxylation sites is 2. The monoisotopic (exact) mass is 332 g/mol. The van der Waals surface area contributed by atoms with Gasteiger partial charge in [-0.15, -0.1) is 0 Å². The van der Waals surface area contributed by atoms with E-state index in [1.807, 2.05) is 6.92 Å². The molecule has 0 radical (unpaired) electrons. The van der Waals surface area contributed by atoms with Crippen LogP contribution in [0.2, 0.25) is 0 Å². The van der Waals surface area contributed by atoms with Crippen LogP contribution >= 0.6 is 0 Å². The number of benzene rings is 1. The average molecular weight is 332 g/mol. The molecule has 2 aromatic rings. The van der Waals surface area contributed by atoms with E-state index in [-0.39, 0.29) is 13.0 Å². The van der Waals surface area contributed by atoms with Crippen molar-refractivity contribution in [3.05, 3.63) is 41.3 Å². The summed E-state index contributed by atoms with van der Waals surface area (Å²) in [6.45, 7) is 3.26. The number of rotatable bonds is 7. The first kappa shape index (κ1) is 17.5. The Hall–Kier alpha value is -2.83. The van der Waals surface area contributed by atoms with Gasteiger partial charge in [0.05, 0.1) is 18.5 Å². The van der Waals surface area contributed by atoms with Gasteiger partial charge in [-0.3, -0.25) is 9.59 Å². The fraction of sp³-hybridized carbons (Fsp3) is 0.353. The Kier molecular flexibility index (Phi) is 5.95. The molecule has 0 saturated heterocycles. The molecule has 1 N–H and O–H groups in total. The number of amides is 1. The van der Waals surface area contributed by atoms with Crippen molar-refractivity contribution in [2.24, 2.45) is 0 Å². The number of carbonyl (C=O) groups is 2. The zero-order valence-corrected chi connectivity index (χ0v) is 13.9. The number of methoxy groups -OCH3 is 1. The summed E-state index contributed by atoms with van der Waals surface area (Å²) in [5.74, 6) is 0.347. The molecular weight excluding hydrogens is 312 g/mol. The number of aryl methyl sites for hydroxylation is 2. The molecule has 0 aliphatic heterocycles. The summed E-state index contributed by atoms with van der Waals surface area (Å²) in [6, 6.07) is 7.00. The van der Waals surface area contributed by atoms with Gasteiger partial charge < -0.3 is 19.3 Å². The predicted octanol–water partition coefficient (Wildman–Crippen LogP) is 2.41. The molecule has 0 aliphatic carbocycles. The van der Waals surface area contributed by atoms with Crippen molar-refractivity contribution < 1.29 is 23.6 Å². The fourth-order valence-electron chi connectivity index (χ4n) is 2.24. The van der Waals surface area contributed by atoms with Crippen LogP contribution in [0.1, 0.15) is 23.4 Å². The third-order valence-corrected chi connectivity index (χ3v) is 3.51. The molecule has 0 fully saturated rings. The Morgan fingerprint density at radius 1 is 1.25 bits per heavy atom. The van der Waals surface area contributed by atoms with Crippen molar-refractivity contribution in [2.45, 2.75) is 26.7 Å². The molecule has 1 aromatic heterocycles. The lowest BCUT2D eigenvalue weighted by molar-refractivity contribution is -0.147. The van der Waals surface area contributed by atoms with Crippen LogP contribution < -0.4 is 10.1 Å². The minimum Gasteiger partial charge on any atom is -0.495 e. The van der Waals surface area contributed by atoms with Crippen LogP contribution in [0.4, 0.5) is 5.69 Å². The molecule has 1 amide bonds. The quantitative estimate of drug-likeness (QED) is 0.783. The molecule has 0 aliphatic rings. The van der Waals surface area contributed by atoms with Gasteiger partial charge in [0.1, 0.15) is 11.5 Å². The Balaban J connectivity index is 1.78. The zero-order valence-electron chi connectivity index (χ0n) is 13.9. The smallest absolute Gasteiger partial charge is 0.306 e. The minimum atomic E-state index is -0.454. The first-order chi connectivity index (χ1) is 11.5. The number of hydrogen-bond acceptors (Lipinski definition) is 6. The number of nitrogens with one attached hydrogen (secondary N) is 1. The molecular formula is C17H20N2O5. The van der Waals surface area contributed by atoms with Gasteiger partial charge in [0.25, 0.3) is 5.91 Å². The summed E-state index contributed by atoms with van der Waals surface area (Å²) in [6.07, 6.45) is 0.624. The first-order valence-corrected chi connectivity index (χ1v) is 7.51. The predicted molar refractivity (Wildman–Crippen MR) is 86.9 cm³/mol. The molecule has 1 aromatic carbocycles. The molecule has 2 rings (SSSR count). The van der Waals surface area contributed by atoms with Crippen LogP contribution in [-0.4, -0.2) is 30.7 Å². The molecule has 0 unspecified atom stereocenters. The highest BCUT2D eigenvalue weighted by molar-refractivity contribution is 5.94. The fourth-order valence-corrected chi connectivity index (χ4v) is 2.24. The number of aromatic nitrogens is 1.